The van der Waals surface area contributed by atoms with Crippen LogP contribution in [0.3, 0.4) is 0 Å². The van der Waals surface area contributed by atoms with Gasteiger partial charge < -0.3 is 10.5 Å². The van der Waals surface area contributed by atoms with Gasteiger partial charge in [-0.1, -0.05) is 44.0 Å². The van der Waals surface area contributed by atoms with Crippen LogP contribution in [0.4, 0.5) is 8.78 Å². The van der Waals surface area contributed by atoms with E-state index in [0.717, 1.165) is 31.7 Å². The van der Waals surface area contributed by atoms with Gasteiger partial charge in [0.25, 0.3) is 5.91 Å². The zero-order chi connectivity index (χ0) is 18.8. The summed E-state index contributed by atoms with van der Waals surface area (Å²) in [5.74, 6) is -2.98. The van der Waals surface area contributed by atoms with Crippen molar-refractivity contribution in [2.75, 3.05) is 6.61 Å². The van der Waals surface area contributed by atoms with E-state index in [4.69, 9.17) is 22.1 Å². The minimum Gasteiger partial charge on any atom is -0.488 e. The number of carbonyl (C=O) groups excluding carboxylic acids is 1. The van der Waals surface area contributed by atoms with E-state index in [1.807, 2.05) is 0 Å². The molecule has 0 saturated carbocycles. The summed E-state index contributed by atoms with van der Waals surface area (Å²) in [7, 11) is 0. The molecule has 0 fully saturated rings. The molecule has 1 aromatic rings. The minimum absolute atomic E-state index is 0.145. The summed E-state index contributed by atoms with van der Waals surface area (Å²) in [5, 5.41) is -0.546. The van der Waals surface area contributed by atoms with Crippen molar-refractivity contribution < 1.29 is 18.3 Å². The van der Waals surface area contributed by atoms with E-state index in [2.05, 4.69) is 26.8 Å². The van der Waals surface area contributed by atoms with Crippen molar-refractivity contribution in [2.45, 2.75) is 46.5 Å². The molecule has 0 bridgehead atoms. The second-order valence-corrected chi connectivity index (χ2v) is 7.28. The number of benzene rings is 1. The highest BCUT2D eigenvalue weighted by atomic mass is 35.5. The molecule has 6 heteroatoms. The van der Waals surface area contributed by atoms with Gasteiger partial charge in [0.2, 0.25) is 0 Å². The number of allylic oxidation sites excluding steroid dienone is 2. The average molecular weight is 372 g/mol. The maximum Gasteiger partial charge on any atom is 0.251 e. The number of nitrogens with two attached hydrogens (primary N) is 1. The zero-order valence-corrected chi connectivity index (χ0v) is 15.6. The van der Waals surface area contributed by atoms with E-state index in [1.54, 1.807) is 0 Å². The molecule has 1 aliphatic rings. The standard InChI is InChI=1S/C19H24ClF2NO2/c1-4-12-6-11(3)8-19(5-2,9-12)10-25-17-14(21)7-13(18(23)24)16(22)15(17)20/h6-7,11H,4-5,8-10H2,1-3H3,(H2,23,24). The third kappa shape index (κ3) is 4.14. The van der Waals surface area contributed by atoms with Crippen LogP contribution < -0.4 is 10.5 Å². The van der Waals surface area contributed by atoms with Gasteiger partial charge in [0.15, 0.2) is 17.4 Å². The summed E-state index contributed by atoms with van der Waals surface area (Å²) in [4.78, 5) is 11.2. The Morgan fingerprint density at radius 1 is 1.44 bits per heavy atom. The lowest BCUT2D eigenvalue weighted by molar-refractivity contribution is 0.0990. The molecule has 0 spiro atoms. The normalized spacial score (nSPS) is 23.3. The molecular weight excluding hydrogens is 348 g/mol. The molecule has 2 rings (SSSR count). The minimum atomic E-state index is -1.08. The van der Waals surface area contributed by atoms with Crippen molar-refractivity contribution in [3.8, 4) is 5.75 Å². The van der Waals surface area contributed by atoms with Crippen LogP contribution in [0.2, 0.25) is 5.02 Å². The van der Waals surface area contributed by atoms with Crippen molar-refractivity contribution in [2.24, 2.45) is 17.1 Å². The Hall–Kier alpha value is -1.62. The van der Waals surface area contributed by atoms with Gasteiger partial charge >= 0.3 is 0 Å². The number of ether oxygens (including phenoxy) is 1. The molecule has 3 nitrogen and oxygen atoms in total. The maximum atomic E-state index is 14.3. The molecule has 1 aliphatic carbocycles. The van der Waals surface area contributed by atoms with Crippen LogP contribution in [-0.4, -0.2) is 12.5 Å². The van der Waals surface area contributed by atoms with E-state index >= 15 is 0 Å². The van der Waals surface area contributed by atoms with Crippen LogP contribution in [-0.2, 0) is 0 Å². The molecular formula is C19H24ClF2NO2. The summed E-state index contributed by atoms with van der Waals surface area (Å²) >= 11 is 5.88. The fourth-order valence-corrected chi connectivity index (χ4v) is 3.84. The summed E-state index contributed by atoms with van der Waals surface area (Å²) in [6.45, 7) is 6.56. The third-order valence-corrected chi connectivity index (χ3v) is 5.32. The Balaban J connectivity index is 2.27. The van der Waals surface area contributed by atoms with E-state index < -0.39 is 28.1 Å². The van der Waals surface area contributed by atoms with E-state index in [1.165, 1.54) is 5.57 Å². The topological polar surface area (TPSA) is 52.3 Å². The second kappa shape index (κ2) is 7.73. The first-order valence-electron chi connectivity index (χ1n) is 8.52. The number of carbonyl (C=O) groups is 1. The first kappa shape index (κ1) is 19.7. The predicted molar refractivity (Wildman–Crippen MR) is 94.9 cm³/mol. The van der Waals surface area contributed by atoms with Crippen LogP contribution in [0.5, 0.6) is 5.75 Å². The van der Waals surface area contributed by atoms with E-state index in [9.17, 15) is 13.6 Å². The van der Waals surface area contributed by atoms with Gasteiger partial charge in [-0.2, -0.15) is 0 Å². The number of rotatable bonds is 6. The van der Waals surface area contributed by atoms with Crippen LogP contribution in [0.1, 0.15) is 56.8 Å². The van der Waals surface area contributed by atoms with Crippen LogP contribution in [0.15, 0.2) is 17.7 Å². The highest BCUT2D eigenvalue weighted by molar-refractivity contribution is 6.32. The highest BCUT2D eigenvalue weighted by Gasteiger charge is 2.35. The van der Waals surface area contributed by atoms with Crippen LogP contribution >= 0.6 is 11.6 Å². The molecule has 2 unspecified atom stereocenters. The Bertz CT molecular complexity index is 705. The smallest absolute Gasteiger partial charge is 0.251 e. The second-order valence-electron chi connectivity index (χ2n) is 6.91. The van der Waals surface area contributed by atoms with Crippen molar-refractivity contribution in [3.63, 3.8) is 0 Å². The van der Waals surface area contributed by atoms with E-state index in [-0.39, 0.29) is 17.8 Å². The predicted octanol–water partition coefficient (Wildman–Crippen LogP) is 5.26. The van der Waals surface area contributed by atoms with Crippen molar-refractivity contribution in [3.05, 3.63) is 39.9 Å². The first-order chi connectivity index (χ1) is 11.7. The molecule has 0 aromatic heterocycles. The Morgan fingerprint density at radius 3 is 2.68 bits per heavy atom. The number of halogens is 3. The molecule has 2 atom stereocenters. The first-order valence-corrected chi connectivity index (χ1v) is 8.90. The molecule has 138 valence electrons. The molecule has 0 aliphatic heterocycles. The van der Waals surface area contributed by atoms with Gasteiger partial charge in [0.1, 0.15) is 5.02 Å². The quantitative estimate of drug-likeness (QED) is 0.547. The molecule has 1 aromatic carbocycles. The lowest BCUT2D eigenvalue weighted by Gasteiger charge is -2.39. The van der Waals surface area contributed by atoms with Crippen molar-refractivity contribution >= 4 is 17.5 Å². The van der Waals surface area contributed by atoms with Crippen LogP contribution in [0, 0.1) is 23.0 Å². The molecule has 0 radical (unpaired) electrons. The summed E-state index contributed by atoms with van der Waals surface area (Å²) in [5.41, 5.74) is 5.66. The lowest BCUT2D eigenvalue weighted by atomic mass is 9.69. The fourth-order valence-electron chi connectivity index (χ4n) is 3.60. The van der Waals surface area contributed by atoms with Gasteiger partial charge in [-0.3, -0.25) is 4.79 Å². The fraction of sp³-hybridized carbons (Fsp3) is 0.526. The van der Waals surface area contributed by atoms with Crippen molar-refractivity contribution in [1.29, 1.82) is 0 Å². The SMILES string of the molecule is CCC1=CC(C)CC(CC)(COc2c(F)cc(C(N)=O)c(F)c2Cl)C1. The summed E-state index contributed by atoms with van der Waals surface area (Å²) in [6.07, 6.45) is 5.88. The third-order valence-electron chi connectivity index (χ3n) is 4.99. The number of hydrogen-bond donors (Lipinski definition) is 1. The largest absolute Gasteiger partial charge is 0.488 e. The summed E-state index contributed by atoms with van der Waals surface area (Å²) < 4.78 is 34.0. The Morgan fingerprint density at radius 2 is 2.12 bits per heavy atom. The summed E-state index contributed by atoms with van der Waals surface area (Å²) in [6, 6.07) is 0.734. The zero-order valence-electron chi connectivity index (χ0n) is 14.8. The maximum absolute atomic E-state index is 14.3. The van der Waals surface area contributed by atoms with Crippen LogP contribution in [0.25, 0.3) is 0 Å². The Kier molecular flexibility index (Phi) is 6.09. The molecule has 0 heterocycles. The van der Waals surface area contributed by atoms with Gasteiger partial charge in [0, 0.05) is 5.41 Å². The van der Waals surface area contributed by atoms with Gasteiger partial charge in [-0.15, -0.1) is 0 Å². The number of hydrogen-bond acceptors (Lipinski definition) is 2. The van der Waals surface area contributed by atoms with Gasteiger partial charge in [-0.05, 0) is 37.7 Å². The molecule has 0 saturated heterocycles. The van der Waals surface area contributed by atoms with Crippen molar-refractivity contribution in [1.82, 2.24) is 0 Å². The van der Waals surface area contributed by atoms with Gasteiger partial charge in [0.05, 0.1) is 12.2 Å². The monoisotopic (exact) mass is 371 g/mol. The molecule has 1 amide bonds. The number of amides is 1. The average Bonchev–Trinajstić information content (AvgIpc) is 2.57. The highest BCUT2D eigenvalue weighted by Crippen LogP contribution is 2.44. The van der Waals surface area contributed by atoms with E-state index in [0.29, 0.717) is 5.92 Å². The van der Waals surface area contributed by atoms with Gasteiger partial charge in [-0.25, -0.2) is 8.78 Å². The lowest BCUT2D eigenvalue weighted by Crippen LogP contribution is -2.33. The molecule has 25 heavy (non-hydrogen) atoms. The Labute approximate surface area is 152 Å². The number of primary amides is 1. The molecule has 2 N–H and O–H groups in total.